The summed E-state index contributed by atoms with van der Waals surface area (Å²) in [5.74, 6) is 1.37. The van der Waals surface area contributed by atoms with Crippen LogP contribution in [0.2, 0.25) is 0 Å². The summed E-state index contributed by atoms with van der Waals surface area (Å²) in [4.78, 5) is 0. The van der Waals surface area contributed by atoms with Crippen molar-refractivity contribution < 1.29 is 14.3 Å². The summed E-state index contributed by atoms with van der Waals surface area (Å²) < 4.78 is 10.5. The van der Waals surface area contributed by atoms with E-state index in [4.69, 9.17) is 9.15 Å². The van der Waals surface area contributed by atoms with E-state index >= 15 is 0 Å². The molecule has 0 amide bonds. The minimum atomic E-state index is -0.446. The summed E-state index contributed by atoms with van der Waals surface area (Å²) in [7, 11) is 1.66. The van der Waals surface area contributed by atoms with Crippen LogP contribution >= 0.6 is 0 Å². The minimum absolute atomic E-state index is 0.0277. The molecule has 3 heteroatoms. The Kier molecular flexibility index (Phi) is 2.89. The highest BCUT2D eigenvalue weighted by atomic mass is 16.5. The van der Waals surface area contributed by atoms with E-state index in [-0.39, 0.29) is 6.10 Å². The molecule has 0 saturated heterocycles. The van der Waals surface area contributed by atoms with Crippen molar-refractivity contribution in [1.29, 1.82) is 0 Å². The maximum atomic E-state index is 9.91. The Bertz CT molecular complexity index is 264. The molecule has 0 bridgehead atoms. The van der Waals surface area contributed by atoms with Crippen LogP contribution in [0.15, 0.2) is 22.8 Å². The number of furan rings is 1. The van der Waals surface area contributed by atoms with Crippen molar-refractivity contribution in [2.75, 3.05) is 7.11 Å². The van der Waals surface area contributed by atoms with Crippen LogP contribution in [0.5, 0.6) is 0 Å². The van der Waals surface area contributed by atoms with E-state index in [1.165, 1.54) is 12.8 Å². The first-order chi connectivity index (χ1) is 6.81. The van der Waals surface area contributed by atoms with Gasteiger partial charge in [-0.25, -0.2) is 0 Å². The standard InChI is InChI=1S/C11H16O3/c1-13-11(8-4-5-8)10(12)7-9-3-2-6-14-9/h2-3,6,8,10-12H,4-5,7H2,1H3. The van der Waals surface area contributed by atoms with E-state index < -0.39 is 6.10 Å². The molecule has 1 fully saturated rings. The van der Waals surface area contributed by atoms with Crippen molar-refractivity contribution >= 4 is 0 Å². The van der Waals surface area contributed by atoms with Crippen molar-refractivity contribution in [2.45, 2.75) is 31.5 Å². The lowest BCUT2D eigenvalue weighted by Gasteiger charge is -2.20. The molecule has 78 valence electrons. The van der Waals surface area contributed by atoms with Gasteiger partial charge in [0, 0.05) is 13.5 Å². The topological polar surface area (TPSA) is 42.6 Å². The smallest absolute Gasteiger partial charge is 0.106 e. The summed E-state index contributed by atoms with van der Waals surface area (Å²) in [6.45, 7) is 0. The average Bonchev–Trinajstić information content (AvgIpc) is 2.86. The Balaban J connectivity index is 1.90. The molecule has 1 aliphatic carbocycles. The van der Waals surface area contributed by atoms with Gasteiger partial charge in [-0.3, -0.25) is 0 Å². The predicted octanol–water partition coefficient (Wildman–Crippen LogP) is 1.61. The van der Waals surface area contributed by atoms with Gasteiger partial charge in [-0.15, -0.1) is 0 Å². The van der Waals surface area contributed by atoms with E-state index in [1.54, 1.807) is 13.4 Å². The number of methoxy groups -OCH3 is 1. The first kappa shape index (κ1) is 9.74. The zero-order chi connectivity index (χ0) is 9.97. The molecule has 0 radical (unpaired) electrons. The van der Waals surface area contributed by atoms with Crippen LogP contribution in [0.4, 0.5) is 0 Å². The third kappa shape index (κ3) is 2.16. The molecular weight excluding hydrogens is 180 g/mol. The van der Waals surface area contributed by atoms with Gasteiger partial charge >= 0.3 is 0 Å². The highest BCUT2D eigenvalue weighted by Crippen LogP contribution is 2.36. The van der Waals surface area contributed by atoms with Crippen LogP contribution in [0.1, 0.15) is 18.6 Å². The summed E-state index contributed by atoms with van der Waals surface area (Å²) in [6, 6.07) is 3.71. The molecule has 2 atom stereocenters. The van der Waals surface area contributed by atoms with E-state index in [0.29, 0.717) is 12.3 Å². The van der Waals surface area contributed by atoms with E-state index in [2.05, 4.69) is 0 Å². The molecule has 1 aliphatic rings. The second-order valence-corrected chi connectivity index (χ2v) is 3.89. The van der Waals surface area contributed by atoms with Crippen LogP contribution in [-0.2, 0) is 11.2 Å². The maximum Gasteiger partial charge on any atom is 0.106 e. The average molecular weight is 196 g/mol. The minimum Gasteiger partial charge on any atom is -0.469 e. The fraction of sp³-hybridized carbons (Fsp3) is 0.636. The van der Waals surface area contributed by atoms with Gasteiger partial charge in [0.1, 0.15) is 5.76 Å². The van der Waals surface area contributed by atoms with E-state index in [1.807, 2.05) is 12.1 Å². The largest absolute Gasteiger partial charge is 0.469 e. The summed E-state index contributed by atoms with van der Waals surface area (Å²) in [5.41, 5.74) is 0. The predicted molar refractivity (Wildman–Crippen MR) is 51.9 cm³/mol. The van der Waals surface area contributed by atoms with Gasteiger partial charge in [0.05, 0.1) is 18.5 Å². The molecular formula is C11H16O3. The number of hydrogen-bond acceptors (Lipinski definition) is 3. The monoisotopic (exact) mass is 196 g/mol. The third-order valence-electron chi connectivity index (χ3n) is 2.73. The zero-order valence-electron chi connectivity index (χ0n) is 8.35. The third-order valence-corrected chi connectivity index (χ3v) is 2.73. The van der Waals surface area contributed by atoms with Gasteiger partial charge in [0.15, 0.2) is 0 Å². The Morgan fingerprint density at radius 3 is 2.93 bits per heavy atom. The molecule has 14 heavy (non-hydrogen) atoms. The van der Waals surface area contributed by atoms with Crippen LogP contribution in [0.25, 0.3) is 0 Å². The van der Waals surface area contributed by atoms with Gasteiger partial charge in [-0.2, -0.15) is 0 Å². The van der Waals surface area contributed by atoms with Crippen molar-refractivity contribution in [2.24, 2.45) is 5.92 Å². The molecule has 1 N–H and O–H groups in total. The highest BCUT2D eigenvalue weighted by molar-refractivity contribution is 5.01. The lowest BCUT2D eigenvalue weighted by atomic mass is 10.1. The lowest BCUT2D eigenvalue weighted by Crippen LogP contribution is -2.31. The van der Waals surface area contributed by atoms with Crippen LogP contribution in [-0.4, -0.2) is 24.4 Å². The number of rotatable bonds is 5. The van der Waals surface area contributed by atoms with Crippen molar-refractivity contribution in [3.63, 3.8) is 0 Å². The van der Waals surface area contributed by atoms with Crippen LogP contribution < -0.4 is 0 Å². The Labute approximate surface area is 83.7 Å². The van der Waals surface area contributed by atoms with Gasteiger partial charge in [-0.1, -0.05) is 0 Å². The number of aliphatic hydroxyl groups is 1. The van der Waals surface area contributed by atoms with E-state index in [0.717, 1.165) is 5.76 Å². The van der Waals surface area contributed by atoms with Gasteiger partial charge in [0.2, 0.25) is 0 Å². The summed E-state index contributed by atoms with van der Waals surface area (Å²) in [5, 5.41) is 9.91. The Morgan fingerprint density at radius 2 is 2.43 bits per heavy atom. The fourth-order valence-corrected chi connectivity index (χ4v) is 1.84. The van der Waals surface area contributed by atoms with Crippen LogP contribution in [0.3, 0.4) is 0 Å². The Morgan fingerprint density at radius 1 is 1.64 bits per heavy atom. The fourth-order valence-electron chi connectivity index (χ4n) is 1.84. The molecule has 1 heterocycles. The van der Waals surface area contributed by atoms with Crippen molar-refractivity contribution in [3.05, 3.63) is 24.2 Å². The molecule has 3 nitrogen and oxygen atoms in total. The highest BCUT2D eigenvalue weighted by Gasteiger charge is 2.36. The van der Waals surface area contributed by atoms with Gasteiger partial charge in [0.25, 0.3) is 0 Å². The Hall–Kier alpha value is -0.800. The first-order valence-corrected chi connectivity index (χ1v) is 5.04. The van der Waals surface area contributed by atoms with Crippen LogP contribution in [0, 0.1) is 5.92 Å². The second kappa shape index (κ2) is 4.15. The summed E-state index contributed by atoms with van der Waals surface area (Å²) in [6.07, 6.45) is 4.04. The molecule has 1 aromatic heterocycles. The normalized spacial score (nSPS) is 20.7. The molecule has 2 rings (SSSR count). The zero-order valence-corrected chi connectivity index (χ0v) is 8.35. The number of aliphatic hydroxyl groups excluding tert-OH is 1. The lowest BCUT2D eigenvalue weighted by molar-refractivity contribution is -0.0257. The summed E-state index contributed by atoms with van der Waals surface area (Å²) >= 11 is 0. The van der Waals surface area contributed by atoms with Gasteiger partial charge < -0.3 is 14.3 Å². The second-order valence-electron chi connectivity index (χ2n) is 3.89. The molecule has 0 spiro atoms. The number of hydrogen-bond donors (Lipinski definition) is 1. The molecule has 1 aromatic rings. The molecule has 0 aliphatic heterocycles. The number of ether oxygens (including phenoxy) is 1. The van der Waals surface area contributed by atoms with E-state index in [9.17, 15) is 5.11 Å². The van der Waals surface area contributed by atoms with Crippen molar-refractivity contribution in [3.8, 4) is 0 Å². The molecule has 2 unspecified atom stereocenters. The first-order valence-electron chi connectivity index (χ1n) is 5.04. The molecule has 1 saturated carbocycles. The quantitative estimate of drug-likeness (QED) is 0.778. The maximum absolute atomic E-state index is 9.91. The van der Waals surface area contributed by atoms with Crippen molar-refractivity contribution in [1.82, 2.24) is 0 Å². The van der Waals surface area contributed by atoms with Gasteiger partial charge in [-0.05, 0) is 30.9 Å². The molecule has 0 aromatic carbocycles. The SMILES string of the molecule is COC(C(O)Cc1ccco1)C1CC1.